The highest BCUT2D eigenvalue weighted by Crippen LogP contribution is 2.46. The number of ketones is 4. The molecule has 0 bridgehead atoms. The average molecular weight is 400 g/mol. The van der Waals surface area contributed by atoms with Crippen molar-refractivity contribution in [2.45, 2.75) is 25.7 Å². The van der Waals surface area contributed by atoms with E-state index in [9.17, 15) is 29.1 Å². The molecule has 0 fully saturated rings. The zero-order valence-corrected chi connectivity index (χ0v) is 16.0. The highest BCUT2D eigenvalue weighted by Gasteiger charge is 2.46. The molecule has 6 nitrogen and oxygen atoms in total. The van der Waals surface area contributed by atoms with E-state index in [1.165, 1.54) is 24.3 Å². The van der Waals surface area contributed by atoms with Gasteiger partial charge in [0, 0.05) is 28.2 Å². The number of rotatable bonds is 1. The molecule has 0 saturated heterocycles. The number of carbonyl (C=O) groups excluding carboxylic acids is 4. The van der Waals surface area contributed by atoms with Crippen molar-refractivity contribution in [3.8, 4) is 0 Å². The van der Waals surface area contributed by atoms with Gasteiger partial charge in [-0.15, -0.1) is 0 Å². The quantitative estimate of drug-likeness (QED) is 0.787. The Bertz CT molecular complexity index is 1260. The molecule has 148 valence electrons. The summed E-state index contributed by atoms with van der Waals surface area (Å²) in [6.45, 7) is 1.66. The average Bonchev–Trinajstić information content (AvgIpc) is 2.73. The van der Waals surface area contributed by atoms with Gasteiger partial charge in [0.15, 0.2) is 23.1 Å². The number of benzene rings is 2. The Kier molecular flexibility index (Phi) is 3.77. The van der Waals surface area contributed by atoms with Crippen LogP contribution in [0.2, 0.25) is 0 Å². The van der Waals surface area contributed by atoms with Crippen molar-refractivity contribution in [1.29, 1.82) is 0 Å². The molecule has 0 aliphatic heterocycles. The normalized spacial score (nSPS) is 21.6. The molecule has 0 aromatic heterocycles. The molecule has 30 heavy (non-hydrogen) atoms. The van der Waals surface area contributed by atoms with Gasteiger partial charge in [0.2, 0.25) is 0 Å². The summed E-state index contributed by atoms with van der Waals surface area (Å²) in [7, 11) is 0. The molecule has 2 aromatic carbocycles. The van der Waals surface area contributed by atoms with E-state index in [-0.39, 0.29) is 51.0 Å². The number of carbonyl (C=O) groups is 5. The van der Waals surface area contributed by atoms with E-state index in [1.807, 2.05) is 0 Å². The predicted octanol–water partition coefficient (Wildman–Crippen LogP) is 3.35. The second-order valence-electron chi connectivity index (χ2n) is 7.97. The van der Waals surface area contributed by atoms with E-state index in [2.05, 4.69) is 0 Å². The Hall–Kier alpha value is -3.67. The molecule has 5 rings (SSSR count). The summed E-state index contributed by atoms with van der Waals surface area (Å²) in [5.74, 6) is -3.78. The molecule has 2 aromatic rings. The monoisotopic (exact) mass is 400 g/mol. The second kappa shape index (κ2) is 6.16. The number of aryl methyl sites for hydroxylation is 1. The summed E-state index contributed by atoms with van der Waals surface area (Å²) in [6.07, 6.45) is 3.37. The molecular formula is C24H16O6. The summed E-state index contributed by atoms with van der Waals surface area (Å²) in [6, 6.07) is 5.98. The van der Waals surface area contributed by atoms with E-state index in [0.717, 1.165) is 11.6 Å². The third-order valence-corrected chi connectivity index (χ3v) is 6.50. The lowest BCUT2D eigenvalue weighted by molar-refractivity contribution is 0.0694. The first-order valence-corrected chi connectivity index (χ1v) is 9.68. The number of fused-ring (bicyclic) bond motifs is 5. The van der Waals surface area contributed by atoms with Gasteiger partial charge in [-0.05, 0) is 66.8 Å². The number of hydrogen-bond acceptors (Lipinski definition) is 5. The Morgan fingerprint density at radius 1 is 0.900 bits per heavy atom. The van der Waals surface area contributed by atoms with Crippen LogP contribution in [0.3, 0.4) is 0 Å². The molecule has 2 unspecified atom stereocenters. The van der Waals surface area contributed by atoms with Crippen LogP contribution in [-0.2, 0) is 6.42 Å². The highest BCUT2D eigenvalue weighted by molar-refractivity contribution is 6.26. The van der Waals surface area contributed by atoms with Crippen molar-refractivity contribution in [3.05, 3.63) is 80.9 Å². The lowest BCUT2D eigenvalue weighted by Crippen LogP contribution is -2.39. The first kappa shape index (κ1) is 18.4. The maximum absolute atomic E-state index is 13.6. The molecule has 0 saturated carbocycles. The predicted molar refractivity (Wildman–Crippen MR) is 106 cm³/mol. The number of hydrogen-bond donors (Lipinski definition) is 1. The lowest BCUT2D eigenvalue weighted by atomic mass is 9.63. The van der Waals surface area contributed by atoms with Crippen LogP contribution >= 0.6 is 0 Å². The van der Waals surface area contributed by atoms with Crippen LogP contribution in [0.4, 0.5) is 0 Å². The summed E-state index contributed by atoms with van der Waals surface area (Å²) < 4.78 is 0. The number of Topliss-reactive ketones (excluding diaryl/α,β-unsaturated/α-hetero) is 2. The van der Waals surface area contributed by atoms with Gasteiger partial charge in [-0.1, -0.05) is 6.07 Å². The molecule has 0 amide bonds. The van der Waals surface area contributed by atoms with Gasteiger partial charge in [0.1, 0.15) is 0 Å². The number of allylic oxidation sites excluding steroid dienone is 2. The molecule has 3 aliphatic rings. The summed E-state index contributed by atoms with van der Waals surface area (Å²) >= 11 is 0. The Morgan fingerprint density at radius 2 is 1.50 bits per heavy atom. The zero-order valence-electron chi connectivity index (χ0n) is 16.0. The minimum Gasteiger partial charge on any atom is -0.478 e. The molecule has 0 heterocycles. The third-order valence-electron chi connectivity index (χ3n) is 6.50. The van der Waals surface area contributed by atoms with E-state index in [0.29, 0.717) is 24.0 Å². The minimum atomic E-state index is -1.09. The summed E-state index contributed by atoms with van der Waals surface area (Å²) in [4.78, 5) is 63.0. The Labute approximate surface area is 171 Å². The summed E-state index contributed by atoms with van der Waals surface area (Å²) in [5, 5.41) is 9.50. The van der Waals surface area contributed by atoms with Gasteiger partial charge in [-0.3, -0.25) is 19.2 Å². The molecule has 2 atom stereocenters. The van der Waals surface area contributed by atoms with Gasteiger partial charge in [0.05, 0.1) is 11.5 Å². The first-order valence-electron chi connectivity index (χ1n) is 9.68. The molecule has 3 aliphatic carbocycles. The first-order chi connectivity index (χ1) is 14.3. The molecule has 1 N–H and O–H groups in total. The third kappa shape index (κ3) is 2.33. The topological polar surface area (TPSA) is 106 Å². The summed E-state index contributed by atoms with van der Waals surface area (Å²) in [5.41, 5.74) is 2.64. The number of carboxylic acid groups (broad SMARTS) is 1. The Balaban J connectivity index is 1.74. The van der Waals surface area contributed by atoms with Crippen molar-refractivity contribution in [2.75, 3.05) is 0 Å². The van der Waals surface area contributed by atoms with Crippen LogP contribution in [0, 0.1) is 12.8 Å². The van der Waals surface area contributed by atoms with E-state index in [4.69, 9.17) is 0 Å². The van der Waals surface area contributed by atoms with Gasteiger partial charge in [0.25, 0.3) is 0 Å². The van der Waals surface area contributed by atoms with Crippen LogP contribution in [-0.4, -0.2) is 34.2 Å². The minimum absolute atomic E-state index is 0.108. The van der Waals surface area contributed by atoms with Crippen molar-refractivity contribution in [3.63, 3.8) is 0 Å². The highest BCUT2D eigenvalue weighted by atomic mass is 16.4. The van der Waals surface area contributed by atoms with Crippen molar-refractivity contribution in [2.24, 2.45) is 5.92 Å². The van der Waals surface area contributed by atoms with Crippen LogP contribution < -0.4 is 0 Å². The second-order valence-corrected chi connectivity index (χ2v) is 7.97. The van der Waals surface area contributed by atoms with Crippen molar-refractivity contribution in [1.82, 2.24) is 0 Å². The van der Waals surface area contributed by atoms with Gasteiger partial charge in [-0.25, -0.2) is 4.79 Å². The van der Waals surface area contributed by atoms with Crippen LogP contribution in [0.15, 0.2) is 36.4 Å². The maximum atomic E-state index is 13.6. The van der Waals surface area contributed by atoms with Crippen LogP contribution in [0.5, 0.6) is 0 Å². The van der Waals surface area contributed by atoms with E-state index >= 15 is 0 Å². The van der Waals surface area contributed by atoms with Gasteiger partial charge in [-0.2, -0.15) is 0 Å². The molecule has 6 heteroatoms. The largest absolute Gasteiger partial charge is 0.478 e. The Morgan fingerprint density at radius 3 is 2.10 bits per heavy atom. The fraction of sp³-hybridized carbons (Fsp3) is 0.208. The van der Waals surface area contributed by atoms with Gasteiger partial charge < -0.3 is 5.11 Å². The maximum Gasteiger partial charge on any atom is 0.335 e. The fourth-order valence-corrected chi connectivity index (χ4v) is 5.06. The molecule has 0 radical (unpaired) electrons. The SMILES string of the molecule is Cc1c(C(=O)O)ccc2c1C1C(=O)c3cc4c(cc3C(=O)C1CC2)C(=O)C=CC4=O. The lowest BCUT2D eigenvalue weighted by Gasteiger charge is -2.37. The molecular weight excluding hydrogens is 384 g/mol. The molecule has 0 spiro atoms. The van der Waals surface area contributed by atoms with Gasteiger partial charge >= 0.3 is 5.97 Å². The van der Waals surface area contributed by atoms with Crippen molar-refractivity contribution < 1.29 is 29.1 Å². The van der Waals surface area contributed by atoms with E-state index < -0.39 is 17.8 Å². The van der Waals surface area contributed by atoms with E-state index in [1.54, 1.807) is 13.0 Å². The number of aromatic carboxylic acids is 1. The van der Waals surface area contributed by atoms with Crippen LogP contribution in [0.1, 0.15) is 80.8 Å². The van der Waals surface area contributed by atoms with Crippen molar-refractivity contribution >= 4 is 29.1 Å². The van der Waals surface area contributed by atoms with Crippen LogP contribution in [0.25, 0.3) is 0 Å². The fourth-order valence-electron chi connectivity index (χ4n) is 5.06. The zero-order chi connectivity index (χ0) is 21.3. The standard InChI is InChI=1S/C24H16O6/c1-10-12(24(29)30)4-2-11-3-5-13-21(20(10)11)23(28)17-9-15-14(8-16(17)22(13)27)18(25)6-7-19(15)26/h2,4,6-9,13,21H,3,5H2,1H3,(H,29,30). The number of carboxylic acids is 1. The smallest absolute Gasteiger partial charge is 0.335 e.